The number of para-hydroxylation sites is 1. The van der Waals surface area contributed by atoms with E-state index in [4.69, 9.17) is 0 Å². The zero-order valence-corrected chi connectivity index (χ0v) is 18.8. The van der Waals surface area contributed by atoms with Gasteiger partial charge in [-0.2, -0.15) is 0 Å². The molecule has 1 aromatic heterocycles. The van der Waals surface area contributed by atoms with Gasteiger partial charge in [0.05, 0.1) is 18.2 Å². The van der Waals surface area contributed by atoms with Crippen LogP contribution in [-0.4, -0.2) is 32.3 Å². The molecule has 0 aliphatic heterocycles. The van der Waals surface area contributed by atoms with Gasteiger partial charge in [0, 0.05) is 12.2 Å². The molecule has 3 aromatic rings. The Morgan fingerprint density at radius 1 is 1.03 bits per heavy atom. The van der Waals surface area contributed by atoms with Gasteiger partial charge in [0.15, 0.2) is 5.16 Å². The van der Waals surface area contributed by atoms with Crippen LogP contribution >= 0.6 is 11.8 Å². The van der Waals surface area contributed by atoms with Gasteiger partial charge in [0.1, 0.15) is 5.82 Å². The second-order valence-electron chi connectivity index (χ2n) is 7.17. The molecule has 0 aliphatic carbocycles. The van der Waals surface area contributed by atoms with E-state index in [1.54, 1.807) is 0 Å². The summed E-state index contributed by atoms with van der Waals surface area (Å²) in [6, 6.07) is 17.4. The first-order chi connectivity index (χ1) is 15.0. The summed E-state index contributed by atoms with van der Waals surface area (Å²) in [5, 5.41) is 14.9. The van der Waals surface area contributed by atoms with E-state index in [0.29, 0.717) is 17.5 Å². The smallest absolute Gasteiger partial charge is 0.232 e. The topological polar surface area (TPSA) is 88.9 Å². The fourth-order valence-electron chi connectivity index (χ4n) is 3.16. The van der Waals surface area contributed by atoms with E-state index >= 15 is 0 Å². The van der Waals surface area contributed by atoms with Crippen LogP contribution in [0, 0.1) is 6.92 Å². The Morgan fingerprint density at radius 3 is 2.45 bits per heavy atom. The first-order valence-corrected chi connectivity index (χ1v) is 11.2. The van der Waals surface area contributed by atoms with Gasteiger partial charge in [-0.15, -0.1) is 10.2 Å². The number of thioether (sulfide) groups is 1. The predicted molar refractivity (Wildman–Crippen MR) is 123 cm³/mol. The number of aromatic nitrogens is 3. The Bertz CT molecular complexity index is 1040. The fraction of sp³-hybridized carbons (Fsp3) is 0.304. The lowest BCUT2D eigenvalue weighted by Crippen LogP contribution is -2.28. The third-order valence-electron chi connectivity index (χ3n) is 4.86. The van der Waals surface area contributed by atoms with Gasteiger partial charge in [0.25, 0.3) is 0 Å². The number of amides is 2. The summed E-state index contributed by atoms with van der Waals surface area (Å²) >= 11 is 1.32. The number of hydrogen-bond donors (Lipinski definition) is 2. The number of hydrogen-bond acceptors (Lipinski definition) is 5. The third-order valence-corrected chi connectivity index (χ3v) is 5.82. The van der Waals surface area contributed by atoms with E-state index < -0.39 is 0 Å². The van der Waals surface area contributed by atoms with Gasteiger partial charge < -0.3 is 15.2 Å². The largest absolute Gasteiger partial charge is 0.349 e. The first kappa shape index (κ1) is 22.6. The van der Waals surface area contributed by atoms with Gasteiger partial charge in [0.2, 0.25) is 11.8 Å². The highest BCUT2D eigenvalue weighted by Gasteiger charge is 2.17. The summed E-state index contributed by atoms with van der Waals surface area (Å²) in [5.41, 5.74) is 2.84. The Labute approximate surface area is 186 Å². The molecule has 0 radical (unpaired) electrons. The van der Waals surface area contributed by atoms with Crippen molar-refractivity contribution >= 4 is 29.3 Å². The van der Waals surface area contributed by atoms with Crippen LogP contribution in [0.5, 0.6) is 0 Å². The van der Waals surface area contributed by atoms with Gasteiger partial charge in [-0.3, -0.25) is 9.59 Å². The first-order valence-electron chi connectivity index (χ1n) is 10.2. The van der Waals surface area contributed by atoms with Gasteiger partial charge >= 0.3 is 0 Å². The number of rotatable bonds is 9. The maximum atomic E-state index is 12.5. The Morgan fingerprint density at radius 2 is 1.74 bits per heavy atom. The number of carbonyl (C=O) groups excluding carboxylic acids is 2. The van der Waals surface area contributed by atoms with Crippen LogP contribution in [0.3, 0.4) is 0 Å². The number of aryl methyl sites for hydroxylation is 1. The molecular weight excluding hydrogens is 410 g/mol. The monoisotopic (exact) mass is 437 g/mol. The van der Waals surface area contributed by atoms with Crippen molar-refractivity contribution in [1.82, 2.24) is 20.1 Å². The normalized spacial score (nSPS) is 11.7. The van der Waals surface area contributed by atoms with Crippen LogP contribution in [0.4, 0.5) is 5.69 Å². The fourth-order valence-corrected chi connectivity index (χ4v) is 4.00. The molecule has 0 spiro atoms. The van der Waals surface area contributed by atoms with E-state index in [1.165, 1.54) is 11.8 Å². The average molecular weight is 438 g/mol. The summed E-state index contributed by atoms with van der Waals surface area (Å²) in [5.74, 6) is 0.576. The molecule has 2 N–H and O–H groups in total. The number of carbonyl (C=O) groups is 2. The second kappa shape index (κ2) is 10.8. The summed E-state index contributed by atoms with van der Waals surface area (Å²) in [7, 11) is 0. The molecule has 162 valence electrons. The van der Waals surface area contributed by atoms with E-state index in [-0.39, 0.29) is 30.0 Å². The van der Waals surface area contributed by atoms with Crippen molar-refractivity contribution in [1.29, 1.82) is 0 Å². The lowest BCUT2D eigenvalue weighted by molar-refractivity contribution is -0.119. The zero-order valence-electron chi connectivity index (χ0n) is 18.0. The molecule has 0 saturated heterocycles. The summed E-state index contributed by atoms with van der Waals surface area (Å²) in [6.07, 6.45) is 0.118. The quantitative estimate of drug-likeness (QED) is 0.498. The maximum Gasteiger partial charge on any atom is 0.232 e. The lowest BCUT2D eigenvalue weighted by Gasteiger charge is -2.14. The van der Waals surface area contributed by atoms with Crippen molar-refractivity contribution in [3.63, 3.8) is 0 Å². The van der Waals surface area contributed by atoms with Crippen LogP contribution in [0.25, 0.3) is 0 Å². The number of anilines is 1. The van der Waals surface area contributed by atoms with E-state index in [9.17, 15) is 9.59 Å². The molecule has 0 saturated carbocycles. The molecule has 8 heteroatoms. The van der Waals surface area contributed by atoms with Crippen molar-refractivity contribution in [2.75, 3.05) is 11.1 Å². The summed E-state index contributed by atoms with van der Waals surface area (Å²) < 4.78 is 1.87. The van der Waals surface area contributed by atoms with Crippen LogP contribution < -0.4 is 10.6 Å². The molecule has 2 amide bonds. The number of nitrogens with one attached hydrogen (secondary N) is 2. The molecule has 0 fully saturated rings. The number of benzene rings is 2. The highest BCUT2D eigenvalue weighted by atomic mass is 32.2. The number of nitrogens with zero attached hydrogens (tertiary/aromatic N) is 3. The minimum Gasteiger partial charge on any atom is -0.349 e. The van der Waals surface area contributed by atoms with Crippen molar-refractivity contribution in [2.24, 2.45) is 0 Å². The van der Waals surface area contributed by atoms with Crippen LogP contribution in [0.1, 0.15) is 36.8 Å². The van der Waals surface area contributed by atoms with Crippen molar-refractivity contribution in [2.45, 2.75) is 44.9 Å². The molecule has 31 heavy (non-hydrogen) atoms. The van der Waals surface area contributed by atoms with Gasteiger partial charge in [-0.25, -0.2) is 0 Å². The molecule has 0 bridgehead atoms. The van der Waals surface area contributed by atoms with Crippen LogP contribution in [0.15, 0.2) is 59.8 Å². The van der Waals surface area contributed by atoms with Gasteiger partial charge in [-0.1, -0.05) is 60.3 Å². The molecule has 7 nitrogen and oxygen atoms in total. The highest BCUT2D eigenvalue weighted by Crippen LogP contribution is 2.19. The second-order valence-corrected chi connectivity index (χ2v) is 8.11. The standard InChI is InChI=1S/C23H27N5O2S/c1-4-28-20(14-21(29)25-19-13-9-8-10-16(19)2)26-27-23(28)31-15-22(30)24-17(3)18-11-6-5-7-12-18/h5-13,17H,4,14-15H2,1-3H3,(H,24,30)(H,25,29)/t17-/m0/s1. The molecule has 1 heterocycles. The third kappa shape index (κ3) is 6.18. The Hall–Kier alpha value is -3.13. The van der Waals surface area contributed by atoms with Crippen LogP contribution in [0.2, 0.25) is 0 Å². The summed E-state index contributed by atoms with van der Waals surface area (Å²) in [4.78, 5) is 24.8. The van der Waals surface area contributed by atoms with Crippen molar-refractivity contribution in [3.8, 4) is 0 Å². The molecule has 0 unspecified atom stereocenters. The van der Waals surface area contributed by atoms with Crippen LogP contribution in [-0.2, 0) is 22.6 Å². The average Bonchev–Trinajstić information content (AvgIpc) is 3.15. The Balaban J connectivity index is 1.56. The highest BCUT2D eigenvalue weighted by molar-refractivity contribution is 7.99. The van der Waals surface area contributed by atoms with Crippen molar-refractivity contribution in [3.05, 3.63) is 71.5 Å². The van der Waals surface area contributed by atoms with E-state index in [1.807, 2.05) is 79.9 Å². The SMILES string of the molecule is CCn1c(CC(=O)Nc2ccccc2C)nnc1SCC(=O)N[C@@H](C)c1ccccc1. The van der Waals surface area contributed by atoms with E-state index in [2.05, 4.69) is 20.8 Å². The maximum absolute atomic E-state index is 12.5. The molecule has 3 rings (SSSR count). The van der Waals surface area contributed by atoms with Gasteiger partial charge in [-0.05, 0) is 38.0 Å². The minimum atomic E-state index is -0.151. The minimum absolute atomic E-state index is 0.0703. The summed E-state index contributed by atoms with van der Waals surface area (Å²) in [6.45, 7) is 6.48. The molecule has 0 aliphatic rings. The molecular formula is C23H27N5O2S. The molecule has 2 aromatic carbocycles. The van der Waals surface area contributed by atoms with Crippen molar-refractivity contribution < 1.29 is 9.59 Å². The zero-order chi connectivity index (χ0) is 22.2. The predicted octanol–water partition coefficient (Wildman–Crippen LogP) is 3.76. The lowest BCUT2D eigenvalue weighted by atomic mass is 10.1. The van der Waals surface area contributed by atoms with E-state index in [0.717, 1.165) is 16.8 Å². The molecule has 1 atom stereocenters. The Kier molecular flexibility index (Phi) is 7.83.